The van der Waals surface area contributed by atoms with Gasteiger partial charge in [0.15, 0.2) is 5.78 Å². The highest BCUT2D eigenvalue weighted by molar-refractivity contribution is 6.11. The van der Waals surface area contributed by atoms with Crippen LogP contribution in [0.5, 0.6) is 0 Å². The molecule has 1 atom stereocenters. The molecule has 1 heteroatoms. The van der Waals surface area contributed by atoms with Crippen LogP contribution in [0.1, 0.15) is 59.9 Å². The van der Waals surface area contributed by atoms with E-state index in [0.29, 0.717) is 5.92 Å². The van der Waals surface area contributed by atoms with Gasteiger partial charge in [-0.25, -0.2) is 0 Å². The Balaban J connectivity index is 1.98. The van der Waals surface area contributed by atoms with Crippen LogP contribution in [0.4, 0.5) is 0 Å². The van der Waals surface area contributed by atoms with Gasteiger partial charge in [-0.15, -0.1) is 0 Å². The largest absolute Gasteiger partial charge is 0.289 e. The number of hydrogen-bond donors (Lipinski definition) is 0. The summed E-state index contributed by atoms with van der Waals surface area (Å²) < 4.78 is 0. The molecule has 0 aromatic heterocycles. The van der Waals surface area contributed by atoms with E-state index in [-0.39, 0.29) is 22.0 Å². The van der Waals surface area contributed by atoms with Gasteiger partial charge in [0, 0.05) is 16.6 Å². The van der Waals surface area contributed by atoms with Gasteiger partial charge in [0.2, 0.25) is 0 Å². The van der Waals surface area contributed by atoms with Crippen molar-refractivity contribution in [1.29, 1.82) is 0 Å². The zero-order valence-corrected chi connectivity index (χ0v) is 17.8. The van der Waals surface area contributed by atoms with Crippen molar-refractivity contribution in [2.24, 2.45) is 22.2 Å². The molecule has 27 heavy (non-hydrogen) atoms. The van der Waals surface area contributed by atoms with Crippen molar-refractivity contribution in [1.82, 2.24) is 0 Å². The predicted octanol–water partition coefficient (Wildman–Crippen LogP) is 6.71. The summed E-state index contributed by atoms with van der Waals surface area (Å²) in [5, 5.41) is 0. The predicted molar refractivity (Wildman–Crippen MR) is 115 cm³/mol. The first-order valence-electron chi connectivity index (χ1n) is 10.2. The van der Waals surface area contributed by atoms with E-state index in [0.717, 1.165) is 30.4 Å². The first-order valence-corrected chi connectivity index (χ1v) is 10.2. The molecule has 0 saturated heterocycles. The third-order valence-corrected chi connectivity index (χ3v) is 5.86. The Labute approximate surface area is 165 Å². The van der Waals surface area contributed by atoms with E-state index in [1.807, 2.05) is 0 Å². The summed E-state index contributed by atoms with van der Waals surface area (Å²) in [5.74, 6) is 0.749. The highest BCUT2D eigenvalue weighted by Crippen LogP contribution is 2.49. The standard InChI is InChI=1S/C26H34O/c1-24(2,3)21-17-26(18-22(23(21)27)25(4,5)6)14-10-13-20(16-26)15-19-11-8-7-9-12-19/h7-13,17-18,20H,14-16H2,1-6H3. The maximum Gasteiger partial charge on any atom is 0.185 e. The minimum atomic E-state index is -0.134. The van der Waals surface area contributed by atoms with E-state index in [4.69, 9.17) is 0 Å². The number of benzene rings is 1. The van der Waals surface area contributed by atoms with Gasteiger partial charge >= 0.3 is 0 Å². The molecule has 0 heterocycles. The molecular formula is C26H34O. The van der Waals surface area contributed by atoms with Crippen LogP contribution in [0, 0.1) is 22.2 Å². The van der Waals surface area contributed by atoms with Gasteiger partial charge in [-0.1, -0.05) is 96.2 Å². The number of rotatable bonds is 2. The van der Waals surface area contributed by atoms with E-state index in [1.165, 1.54) is 5.56 Å². The lowest BCUT2D eigenvalue weighted by atomic mass is 9.62. The smallest absolute Gasteiger partial charge is 0.185 e. The first kappa shape index (κ1) is 19.9. The van der Waals surface area contributed by atoms with E-state index < -0.39 is 0 Å². The Morgan fingerprint density at radius 1 is 0.926 bits per heavy atom. The molecule has 0 amide bonds. The van der Waals surface area contributed by atoms with Gasteiger partial charge in [0.05, 0.1) is 0 Å². The Bertz CT molecular complexity index is 757. The van der Waals surface area contributed by atoms with E-state index in [9.17, 15) is 4.79 Å². The van der Waals surface area contributed by atoms with Crippen molar-refractivity contribution < 1.29 is 4.79 Å². The maximum atomic E-state index is 13.3. The fourth-order valence-corrected chi connectivity index (χ4v) is 4.42. The van der Waals surface area contributed by atoms with Gasteiger partial charge in [0.25, 0.3) is 0 Å². The molecule has 0 saturated carbocycles. The Hall–Kier alpha value is -1.89. The SMILES string of the molecule is CC(C)(C)C1=CC2(C=C(C(C)(C)C)C1=O)CC=CC(Cc1ccccc1)C2. The highest BCUT2D eigenvalue weighted by atomic mass is 16.1. The van der Waals surface area contributed by atoms with Crippen LogP contribution in [0.2, 0.25) is 0 Å². The summed E-state index contributed by atoms with van der Waals surface area (Å²) in [6.07, 6.45) is 12.5. The highest BCUT2D eigenvalue weighted by Gasteiger charge is 2.42. The Kier molecular flexibility index (Phi) is 5.10. The molecular weight excluding hydrogens is 328 g/mol. The molecule has 2 aliphatic rings. The maximum absolute atomic E-state index is 13.3. The van der Waals surface area contributed by atoms with E-state index in [1.54, 1.807) is 0 Å². The van der Waals surface area contributed by atoms with Crippen LogP contribution in [-0.4, -0.2) is 5.78 Å². The van der Waals surface area contributed by atoms with Crippen molar-refractivity contribution in [3.63, 3.8) is 0 Å². The molecule has 1 nitrogen and oxygen atoms in total. The topological polar surface area (TPSA) is 17.1 Å². The van der Waals surface area contributed by atoms with Gasteiger partial charge in [0.1, 0.15) is 0 Å². The lowest BCUT2D eigenvalue weighted by molar-refractivity contribution is -0.114. The number of Topliss-reactive ketones (excluding diaryl/α,β-unsaturated/α-hetero) is 1. The third kappa shape index (κ3) is 4.34. The van der Waals surface area contributed by atoms with E-state index in [2.05, 4.69) is 96.2 Å². The second-order valence-electron chi connectivity index (χ2n) is 10.5. The Morgan fingerprint density at radius 3 is 2.00 bits per heavy atom. The van der Waals surface area contributed by atoms with Gasteiger partial charge in [-0.05, 0) is 41.6 Å². The molecule has 0 bridgehead atoms. The van der Waals surface area contributed by atoms with Crippen LogP contribution >= 0.6 is 0 Å². The van der Waals surface area contributed by atoms with Gasteiger partial charge < -0.3 is 0 Å². The van der Waals surface area contributed by atoms with Gasteiger partial charge in [-0.2, -0.15) is 0 Å². The molecule has 1 aromatic rings. The fourth-order valence-electron chi connectivity index (χ4n) is 4.42. The molecule has 1 unspecified atom stereocenters. The minimum Gasteiger partial charge on any atom is -0.289 e. The summed E-state index contributed by atoms with van der Waals surface area (Å²) in [6, 6.07) is 10.7. The second kappa shape index (κ2) is 6.93. The molecule has 0 radical (unpaired) electrons. The minimum absolute atomic E-state index is 0.0344. The van der Waals surface area contributed by atoms with Crippen molar-refractivity contribution >= 4 is 5.78 Å². The zero-order valence-electron chi connectivity index (χ0n) is 17.8. The average Bonchev–Trinajstić information content (AvgIpc) is 2.56. The number of carbonyl (C=O) groups is 1. The summed E-state index contributed by atoms with van der Waals surface area (Å²) >= 11 is 0. The third-order valence-electron chi connectivity index (χ3n) is 5.86. The number of ketones is 1. The van der Waals surface area contributed by atoms with Crippen LogP contribution in [0.15, 0.2) is 65.8 Å². The van der Waals surface area contributed by atoms with Crippen molar-refractivity contribution in [3.05, 3.63) is 71.3 Å². The van der Waals surface area contributed by atoms with Crippen molar-refractivity contribution in [2.45, 2.75) is 60.8 Å². The molecule has 0 aliphatic heterocycles. The lowest BCUT2D eigenvalue weighted by Gasteiger charge is -2.41. The van der Waals surface area contributed by atoms with Crippen LogP contribution in [0.3, 0.4) is 0 Å². The molecule has 2 aliphatic carbocycles. The molecule has 1 aromatic carbocycles. The quantitative estimate of drug-likeness (QED) is 0.534. The second-order valence-corrected chi connectivity index (χ2v) is 10.5. The number of carbonyl (C=O) groups excluding carboxylic acids is 1. The molecule has 144 valence electrons. The molecule has 3 rings (SSSR count). The zero-order chi connectivity index (χ0) is 19.9. The number of hydrogen-bond acceptors (Lipinski definition) is 1. The molecule has 0 fully saturated rings. The van der Waals surface area contributed by atoms with Crippen LogP contribution in [0.25, 0.3) is 0 Å². The average molecular weight is 363 g/mol. The van der Waals surface area contributed by atoms with Crippen molar-refractivity contribution in [2.75, 3.05) is 0 Å². The first-order chi connectivity index (χ1) is 12.5. The normalized spacial score (nSPS) is 22.6. The van der Waals surface area contributed by atoms with Crippen molar-refractivity contribution in [3.8, 4) is 0 Å². The molecule has 0 N–H and O–H groups in total. The monoisotopic (exact) mass is 362 g/mol. The molecule has 1 spiro atoms. The lowest BCUT2D eigenvalue weighted by Crippen LogP contribution is -2.35. The fraction of sp³-hybridized carbons (Fsp3) is 0.500. The Morgan fingerprint density at radius 2 is 1.48 bits per heavy atom. The number of allylic oxidation sites excluding steroid dienone is 6. The van der Waals surface area contributed by atoms with Crippen LogP contribution in [-0.2, 0) is 11.2 Å². The summed E-state index contributed by atoms with van der Waals surface area (Å²) in [4.78, 5) is 13.3. The summed E-state index contributed by atoms with van der Waals surface area (Å²) in [5.41, 5.74) is 3.06. The van der Waals surface area contributed by atoms with E-state index >= 15 is 0 Å². The van der Waals surface area contributed by atoms with Crippen LogP contribution < -0.4 is 0 Å². The van der Waals surface area contributed by atoms with Gasteiger partial charge in [-0.3, -0.25) is 4.79 Å². The summed E-state index contributed by atoms with van der Waals surface area (Å²) in [7, 11) is 0. The summed E-state index contributed by atoms with van der Waals surface area (Å²) in [6.45, 7) is 13.0.